The van der Waals surface area contributed by atoms with Crippen LogP contribution in [0.3, 0.4) is 0 Å². The molecule has 1 heteroatoms. The highest BCUT2D eigenvalue weighted by molar-refractivity contribution is 6.32. The van der Waals surface area contributed by atoms with Crippen molar-refractivity contribution in [3.63, 3.8) is 0 Å². The van der Waals surface area contributed by atoms with Crippen LogP contribution < -0.4 is 4.43 Å². The van der Waals surface area contributed by atoms with E-state index in [-0.39, 0.29) is 0 Å². The van der Waals surface area contributed by atoms with E-state index in [0.717, 1.165) is 0 Å². The van der Waals surface area contributed by atoms with Gasteiger partial charge in [0, 0.05) is 0 Å². The fourth-order valence-corrected chi connectivity index (χ4v) is 0.750. The molecule has 0 fully saturated rings. The van der Waals surface area contributed by atoms with Gasteiger partial charge in [0.1, 0.15) is 0 Å². The molecule has 0 spiro atoms. The van der Waals surface area contributed by atoms with E-state index in [4.69, 9.17) is 0 Å². The highest BCUT2D eigenvalue weighted by Gasteiger charge is 1.72. The van der Waals surface area contributed by atoms with Crippen molar-refractivity contribution >= 4 is 20.7 Å². The zero-order chi connectivity index (χ0) is 5.11. The van der Waals surface area contributed by atoms with Crippen LogP contribution in [0.25, 0.3) is 0 Å². The van der Waals surface area contributed by atoms with Gasteiger partial charge in [-0.2, -0.15) is 0 Å². The number of benzene rings is 1. The summed E-state index contributed by atoms with van der Waals surface area (Å²) < 4.78 is 1.35. The number of rotatable bonds is 0. The molecule has 0 bridgehead atoms. The van der Waals surface area contributed by atoms with Crippen LogP contribution >= 0.6 is 0 Å². The molecule has 0 nitrogen and oxygen atoms in total. The van der Waals surface area contributed by atoms with E-state index in [0.29, 0.717) is 0 Å². The van der Waals surface area contributed by atoms with Crippen LogP contribution in [-0.4, -0.2) is 16.3 Å². The molecule has 0 aromatic heterocycles. The zero-order valence-corrected chi connectivity index (χ0v) is 5.51. The molecule has 0 N–H and O–H groups in total. The third-order valence-electron chi connectivity index (χ3n) is 0.843. The third-order valence-corrected chi connectivity index (χ3v) is 1.31. The molecule has 0 unspecified atom stereocenters. The Balaban J connectivity index is 3.02. The van der Waals surface area contributed by atoms with Crippen LogP contribution in [0, 0.1) is 0 Å². The van der Waals surface area contributed by atoms with E-state index in [2.05, 4.69) is 12.1 Å². The Morgan fingerprint density at radius 2 is 1.57 bits per heavy atom. The van der Waals surface area contributed by atoms with E-state index in [1.54, 1.807) is 0 Å². The van der Waals surface area contributed by atoms with E-state index >= 15 is 0 Å². The van der Waals surface area contributed by atoms with Gasteiger partial charge in [-0.1, -0.05) is 30.3 Å². The van der Waals surface area contributed by atoms with Crippen LogP contribution in [0.5, 0.6) is 0 Å². The minimum atomic E-state index is 1.35. The second-order valence-corrected chi connectivity index (χ2v) is 2.30. The second-order valence-electron chi connectivity index (χ2n) is 1.49. The minimum Gasteiger partial charge on any atom is -0.129 e. The van der Waals surface area contributed by atoms with Gasteiger partial charge in [-0.3, -0.25) is 0 Å². The van der Waals surface area contributed by atoms with Crippen LogP contribution in [-0.2, 0) is 0 Å². The topological polar surface area (TPSA) is 0 Å². The molecule has 7 heavy (non-hydrogen) atoms. The molecule has 1 rings (SSSR count). The summed E-state index contributed by atoms with van der Waals surface area (Å²) in [5.41, 5.74) is 0. The molecule has 33 valence electrons. The molecule has 0 amide bonds. The summed E-state index contributed by atoms with van der Waals surface area (Å²) in [6.45, 7) is 0. The quantitative estimate of drug-likeness (QED) is 0.414. The van der Waals surface area contributed by atoms with Gasteiger partial charge in [0.2, 0.25) is 16.3 Å². The Morgan fingerprint density at radius 1 is 1.00 bits per heavy atom. The Kier molecular flexibility index (Phi) is 1.51. The lowest BCUT2D eigenvalue weighted by atomic mass is 10.4. The average Bonchev–Trinajstić information content (AvgIpc) is 1.69. The zero-order valence-electron chi connectivity index (χ0n) is 4.09. The molecule has 0 saturated carbocycles. The fraction of sp³-hybridized carbons (Fsp3) is 0. The smallest absolute Gasteiger partial charge is 0.129 e. The van der Waals surface area contributed by atoms with E-state index in [1.807, 2.05) is 34.5 Å². The lowest BCUT2D eigenvalue weighted by Crippen LogP contribution is -1.97. The molecule has 0 aliphatic carbocycles. The van der Waals surface area contributed by atoms with Crippen molar-refractivity contribution in [2.24, 2.45) is 0 Å². The standard InChI is InChI=1S/C6H5.Al.H/c1-2-4-6-5-3-1;;/h1-5H;;. The molecule has 0 aliphatic heterocycles. The van der Waals surface area contributed by atoms with Crippen LogP contribution in [0.2, 0.25) is 0 Å². The van der Waals surface area contributed by atoms with E-state index in [9.17, 15) is 0 Å². The van der Waals surface area contributed by atoms with Crippen molar-refractivity contribution in [2.45, 2.75) is 0 Å². The van der Waals surface area contributed by atoms with Crippen molar-refractivity contribution < 1.29 is 0 Å². The molecule has 1 aromatic rings. The van der Waals surface area contributed by atoms with Gasteiger partial charge in [0.05, 0.1) is 0 Å². The summed E-state index contributed by atoms with van der Waals surface area (Å²) in [6.07, 6.45) is 0. The molecule has 0 saturated heterocycles. The SMILES string of the molecule is [AlH][c]1ccccc1. The number of hydrogen-bond donors (Lipinski definition) is 0. The molecule has 0 atom stereocenters. The molecule has 0 aliphatic rings. The van der Waals surface area contributed by atoms with E-state index in [1.165, 1.54) is 4.43 Å². The van der Waals surface area contributed by atoms with Crippen molar-refractivity contribution in [3.8, 4) is 0 Å². The lowest BCUT2D eigenvalue weighted by molar-refractivity contribution is 1.78. The van der Waals surface area contributed by atoms with Crippen LogP contribution in [0.15, 0.2) is 30.3 Å². The van der Waals surface area contributed by atoms with Crippen LogP contribution in [0.4, 0.5) is 0 Å². The Labute approximate surface area is 51.6 Å². The molecule has 1 aromatic carbocycles. The Hall–Kier alpha value is -0.248. The first-order valence-corrected chi connectivity index (χ1v) is 2.97. The first-order valence-electron chi connectivity index (χ1n) is 2.26. The van der Waals surface area contributed by atoms with Crippen molar-refractivity contribution in [3.05, 3.63) is 30.3 Å². The number of hydrogen-bond acceptors (Lipinski definition) is 0. The summed E-state index contributed by atoms with van der Waals surface area (Å²) in [4.78, 5) is 0. The Bertz CT molecular complexity index is 134. The summed E-state index contributed by atoms with van der Waals surface area (Å²) in [5, 5.41) is 0. The third kappa shape index (κ3) is 1.35. The van der Waals surface area contributed by atoms with Gasteiger partial charge in [-0.05, 0) is 0 Å². The maximum absolute atomic E-state index is 2.10. The summed E-state index contributed by atoms with van der Waals surface area (Å²) >= 11 is 1.90. The lowest BCUT2D eigenvalue weighted by Gasteiger charge is -1.83. The maximum Gasteiger partial charge on any atom is 0.223 e. The monoisotopic (exact) mass is 105 g/mol. The first kappa shape index (κ1) is 4.90. The maximum atomic E-state index is 2.10. The molecule has 1 radical (unpaired) electrons. The fourth-order valence-electron chi connectivity index (χ4n) is 0.478. The second kappa shape index (κ2) is 2.16. The van der Waals surface area contributed by atoms with Gasteiger partial charge in [0.25, 0.3) is 0 Å². The van der Waals surface area contributed by atoms with Gasteiger partial charge in [0.15, 0.2) is 0 Å². The van der Waals surface area contributed by atoms with Gasteiger partial charge in [-0.25, -0.2) is 0 Å². The average molecular weight is 105 g/mol. The van der Waals surface area contributed by atoms with Crippen molar-refractivity contribution in [1.82, 2.24) is 0 Å². The molecular weight excluding hydrogens is 99.0 g/mol. The Morgan fingerprint density at radius 3 is 1.86 bits per heavy atom. The normalized spacial score (nSPS) is 8.57. The predicted molar refractivity (Wildman–Crippen MR) is 33.2 cm³/mol. The largest absolute Gasteiger partial charge is 0.223 e. The van der Waals surface area contributed by atoms with Gasteiger partial charge >= 0.3 is 0 Å². The molecule has 0 heterocycles. The molecular formula is C6H6Al. The van der Waals surface area contributed by atoms with Crippen LogP contribution in [0.1, 0.15) is 0 Å². The van der Waals surface area contributed by atoms with Crippen molar-refractivity contribution in [1.29, 1.82) is 0 Å². The summed E-state index contributed by atoms with van der Waals surface area (Å²) in [7, 11) is 0. The van der Waals surface area contributed by atoms with E-state index < -0.39 is 0 Å². The summed E-state index contributed by atoms with van der Waals surface area (Å²) in [5.74, 6) is 0. The van der Waals surface area contributed by atoms with Crippen molar-refractivity contribution in [2.75, 3.05) is 0 Å². The predicted octanol–water partition coefficient (Wildman–Crippen LogP) is 0.213. The minimum absolute atomic E-state index is 1.35. The first-order chi connectivity index (χ1) is 3.39. The van der Waals surface area contributed by atoms with Gasteiger partial charge < -0.3 is 0 Å². The summed E-state index contributed by atoms with van der Waals surface area (Å²) in [6, 6.07) is 10.3. The highest BCUT2D eigenvalue weighted by atomic mass is 27.0. The highest BCUT2D eigenvalue weighted by Crippen LogP contribution is 1.76. The van der Waals surface area contributed by atoms with Gasteiger partial charge in [-0.15, -0.1) is 4.43 Å².